The smallest absolute Gasteiger partial charge is 0.166 e. The Morgan fingerprint density at radius 3 is 2.58 bits per heavy atom. The number of anilines is 1. The Hall–Kier alpha value is -2.66. The molecule has 5 heteroatoms. The molecule has 1 N–H and O–H groups in total. The van der Waals surface area contributed by atoms with Crippen molar-refractivity contribution in [3.63, 3.8) is 0 Å². The highest BCUT2D eigenvalue weighted by Crippen LogP contribution is 2.23. The highest BCUT2D eigenvalue weighted by molar-refractivity contribution is 5.82. The average Bonchev–Trinajstić information content (AvgIpc) is 2.63. The Kier molecular flexibility index (Phi) is 4.91. The van der Waals surface area contributed by atoms with Crippen LogP contribution in [0.3, 0.4) is 0 Å². The molecule has 1 fully saturated rings. The molecule has 1 aliphatic heterocycles. The number of carbonyl (C=O) groups is 1. The lowest BCUT2D eigenvalue weighted by Crippen LogP contribution is -2.36. The number of halogens is 1. The van der Waals surface area contributed by atoms with Crippen molar-refractivity contribution in [2.45, 2.75) is 0 Å². The maximum absolute atomic E-state index is 13.6. The van der Waals surface area contributed by atoms with Gasteiger partial charge >= 0.3 is 0 Å². The van der Waals surface area contributed by atoms with Crippen molar-refractivity contribution in [1.29, 1.82) is 0 Å². The van der Waals surface area contributed by atoms with Gasteiger partial charge in [-0.15, -0.1) is 0 Å². The van der Waals surface area contributed by atoms with Crippen LogP contribution in [0, 0.1) is 5.82 Å². The first-order chi connectivity index (χ1) is 11.7. The number of benzene rings is 2. The number of ether oxygens (including phenoxy) is 1. The SMILES string of the molecule is O=Cc1cc(C=Cc2cccc(N3CCOCC3)c2)cc(F)c1O. The number of phenolic OH excluding ortho intramolecular Hbond substituents is 1. The van der Waals surface area contributed by atoms with Gasteiger partial charge in [0.25, 0.3) is 0 Å². The first kappa shape index (κ1) is 16.2. The van der Waals surface area contributed by atoms with Crippen LogP contribution in [0.25, 0.3) is 12.2 Å². The fourth-order valence-electron chi connectivity index (χ4n) is 2.67. The second-order valence-corrected chi connectivity index (χ2v) is 5.59. The van der Waals surface area contributed by atoms with Crippen molar-refractivity contribution >= 4 is 24.1 Å². The zero-order chi connectivity index (χ0) is 16.9. The maximum atomic E-state index is 13.6. The predicted octanol–water partition coefficient (Wildman–Crippen LogP) is 3.35. The quantitative estimate of drug-likeness (QED) is 0.691. The number of aromatic hydroxyl groups is 1. The van der Waals surface area contributed by atoms with Gasteiger partial charge in [0.15, 0.2) is 17.9 Å². The van der Waals surface area contributed by atoms with Gasteiger partial charge in [-0.3, -0.25) is 4.79 Å². The Morgan fingerprint density at radius 1 is 1.08 bits per heavy atom. The molecule has 0 amide bonds. The topological polar surface area (TPSA) is 49.8 Å². The lowest BCUT2D eigenvalue weighted by Gasteiger charge is -2.29. The highest BCUT2D eigenvalue weighted by Gasteiger charge is 2.11. The predicted molar refractivity (Wildman–Crippen MR) is 91.9 cm³/mol. The summed E-state index contributed by atoms with van der Waals surface area (Å²) >= 11 is 0. The van der Waals surface area contributed by atoms with E-state index in [1.54, 1.807) is 6.08 Å². The van der Waals surface area contributed by atoms with E-state index >= 15 is 0 Å². The molecule has 1 aliphatic rings. The van der Waals surface area contributed by atoms with Crippen LogP contribution in [-0.4, -0.2) is 37.7 Å². The molecular weight excluding hydrogens is 309 g/mol. The fourth-order valence-corrected chi connectivity index (χ4v) is 2.67. The number of morpholine rings is 1. The van der Waals surface area contributed by atoms with Crippen LogP contribution in [0.5, 0.6) is 5.75 Å². The zero-order valence-electron chi connectivity index (χ0n) is 13.1. The molecule has 2 aromatic carbocycles. The number of aldehydes is 1. The monoisotopic (exact) mass is 327 g/mol. The van der Waals surface area contributed by atoms with Crippen molar-refractivity contribution in [3.05, 3.63) is 58.9 Å². The van der Waals surface area contributed by atoms with Crippen LogP contribution < -0.4 is 4.90 Å². The minimum Gasteiger partial charge on any atom is -0.504 e. The molecule has 124 valence electrons. The lowest BCUT2D eigenvalue weighted by atomic mass is 10.1. The van der Waals surface area contributed by atoms with Gasteiger partial charge in [0.2, 0.25) is 0 Å². The summed E-state index contributed by atoms with van der Waals surface area (Å²) in [6.45, 7) is 3.17. The van der Waals surface area contributed by atoms with Crippen molar-refractivity contribution < 1.29 is 19.0 Å². The van der Waals surface area contributed by atoms with Crippen molar-refractivity contribution in [2.24, 2.45) is 0 Å². The van der Waals surface area contributed by atoms with Crippen molar-refractivity contribution in [1.82, 2.24) is 0 Å². The zero-order valence-corrected chi connectivity index (χ0v) is 13.1. The fraction of sp³-hybridized carbons (Fsp3) is 0.211. The summed E-state index contributed by atoms with van der Waals surface area (Å²) in [4.78, 5) is 13.1. The number of hydrogen-bond acceptors (Lipinski definition) is 4. The normalized spacial score (nSPS) is 15.0. The lowest BCUT2D eigenvalue weighted by molar-refractivity contribution is 0.112. The van der Waals surface area contributed by atoms with Gasteiger partial charge in [-0.25, -0.2) is 4.39 Å². The minimum absolute atomic E-state index is 0.0586. The van der Waals surface area contributed by atoms with E-state index in [1.807, 2.05) is 24.3 Å². The summed E-state index contributed by atoms with van der Waals surface area (Å²) in [5.41, 5.74) is 2.55. The van der Waals surface area contributed by atoms with Crippen LogP contribution >= 0.6 is 0 Å². The van der Waals surface area contributed by atoms with Crippen LogP contribution in [0.15, 0.2) is 36.4 Å². The largest absolute Gasteiger partial charge is 0.504 e. The van der Waals surface area contributed by atoms with Crippen LogP contribution in [0.4, 0.5) is 10.1 Å². The molecule has 0 bridgehead atoms. The van der Waals surface area contributed by atoms with Gasteiger partial charge in [0.1, 0.15) is 0 Å². The molecule has 4 nitrogen and oxygen atoms in total. The van der Waals surface area contributed by atoms with Gasteiger partial charge in [-0.2, -0.15) is 0 Å². The highest BCUT2D eigenvalue weighted by atomic mass is 19.1. The molecule has 0 aromatic heterocycles. The van der Waals surface area contributed by atoms with E-state index in [4.69, 9.17) is 4.74 Å². The number of nitrogens with zero attached hydrogens (tertiary/aromatic N) is 1. The van der Waals surface area contributed by atoms with E-state index in [0.717, 1.165) is 37.6 Å². The van der Waals surface area contributed by atoms with Gasteiger partial charge in [0, 0.05) is 18.8 Å². The first-order valence-electron chi connectivity index (χ1n) is 7.76. The van der Waals surface area contributed by atoms with Crippen LogP contribution in [0.2, 0.25) is 0 Å². The standard InChI is InChI=1S/C19H18FNO3/c20-18-12-15(10-16(13-22)19(18)23)5-4-14-2-1-3-17(11-14)21-6-8-24-9-7-21/h1-5,10-13,23H,6-9H2. The molecule has 0 spiro atoms. The van der Waals surface area contributed by atoms with Crippen molar-refractivity contribution in [3.8, 4) is 5.75 Å². The van der Waals surface area contributed by atoms with E-state index in [9.17, 15) is 14.3 Å². The Bertz CT molecular complexity index is 767. The third-order valence-electron chi connectivity index (χ3n) is 3.96. The first-order valence-corrected chi connectivity index (χ1v) is 7.76. The van der Waals surface area contributed by atoms with Gasteiger partial charge < -0.3 is 14.7 Å². The summed E-state index contributed by atoms with van der Waals surface area (Å²) < 4.78 is 19.0. The molecule has 1 saturated heterocycles. The van der Waals surface area contributed by atoms with E-state index in [-0.39, 0.29) is 5.56 Å². The summed E-state index contributed by atoms with van der Waals surface area (Å²) in [6, 6.07) is 10.7. The summed E-state index contributed by atoms with van der Waals surface area (Å²) in [5, 5.41) is 9.44. The molecule has 24 heavy (non-hydrogen) atoms. The third-order valence-corrected chi connectivity index (χ3v) is 3.96. The van der Waals surface area contributed by atoms with E-state index in [1.165, 1.54) is 12.1 Å². The summed E-state index contributed by atoms with van der Waals surface area (Å²) in [5.74, 6) is -1.42. The molecule has 0 aliphatic carbocycles. The number of phenols is 1. The van der Waals surface area contributed by atoms with Gasteiger partial charge in [-0.05, 0) is 35.4 Å². The minimum atomic E-state index is -0.804. The van der Waals surface area contributed by atoms with E-state index < -0.39 is 11.6 Å². The maximum Gasteiger partial charge on any atom is 0.166 e. The van der Waals surface area contributed by atoms with E-state index in [0.29, 0.717) is 11.8 Å². The second kappa shape index (κ2) is 7.27. The second-order valence-electron chi connectivity index (χ2n) is 5.59. The molecule has 0 atom stereocenters. The Morgan fingerprint density at radius 2 is 1.83 bits per heavy atom. The molecular formula is C19H18FNO3. The molecule has 2 aromatic rings. The van der Waals surface area contributed by atoms with E-state index in [2.05, 4.69) is 11.0 Å². The number of carbonyl (C=O) groups excluding carboxylic acids is 1. The van der Waals surface area contributed by atoms with Crippen LogP contribution in [-0.2, 0) is 4.74 Å². The van der Waals surface area contributed by atoms with Gasteiger partial charge in [-0.1, -0.05) is 24.3 Å². The number of rotatable bonds is 4. The molecule has 0 saturated carbocycles. The molecule has 0 unspecified atom stereocenters. The molecule has 0 radical (unpaired) electrons. The molecule has 1 heterocycles. The number of hydrogen-bond donors (Lipinski definition) is 1. The van der Waals surface area contributed by atoms with Crippen LogP contribution in [0.1, 0.15) is 21.5 Å². The molecule has 3 rings (SSSR count). The Balaban J connectivity index is 1.82. The Labute approximate surface area is 139 Å². The van der Waals surface area contributed by atoms with Gasteiger partial charge in [0.05, 0.1) is 18.8 Å². The summed E-state index contributed by atoms with van der Waals surface area (Å²) in [7, 11) is 0. The summed E-state index contributed by atoms with van der Waals surface area (Å²) in [6.07, 6.45) is 4.01. The van der Waals surface area contributed by atoms with Crippen molar-refractivity contribution in [2.75, 3.05) is 31.2 Å². The third kappa shape index (κ3) is 3.63. The average molecular weight is 327 g/mol.